The second-order valence-corrected chi connectivity index (χ2v) is 5.23. The number of nitrogens with zero attached hydrogens (tertiary/aromatic N) is 1. The van der Waals surface area contributed by atoms with Gasteiger partial charge in [0, 0.05) is 31.0 Å². The zero-order valence-corrected chi connectivity index (χ0v) is 11.6. The predicted octanol–water partition coefficient (Wildman–Crippen LogP) is 1.33. The van der Waals surface area contributed by atoms with Crippen molar-refractivity contribution >= 4 is 15.9 Å². The van der Waals surface area contributed by atoms with Crippen LogP contribution in [0.5, 0.6) is 0 Å². The van der Waals surface area contributed by atoms with Gasteiger partial charge in [-0.15, -0.1) is 0 Å². The second-order valence-electron chi connectivity index (χ2n) is 4.58. The molecule has 0 saturated carbocycles. The van der Waals surface area contributed by atoms with Gasteiger partial charge < -0.3 is 15.0 Å². The van der Waals surface area contributed by atoms with Gasteiger partial charge in [0.15, 0.2) is 0 Å². The van der Waals surface area contributed by atoms with Gasteiger partial charge in [-0.2, -0.15) is 0 Å². The zero-order valence-electron chi connectivity index (χ0n) is 10.0. The number of hydrogen-bond acceptors (Lipinski definition) is 3. The Balaban J connectivity index is 2.18. The van der Waals surface area contributed by atoms with Crippen molar-refractivity contribution in [1.82, 2.24) is 10.2 Å². The van der Waals surface area contributed by atoms with Crippen LogP contribution in [0.3, 0.4) is 0 Å². The molecule has 0 aromatic carbocycles. The van der Waals surface area contributed by atoms with Crippen molar-refractivity contribution in [3.8, 4) is 0 Å². The molecule has 0 radical (unpaired) electrons. The van der Waals surface area contributed by atoms with Crippen molar-refractivity contribution in [3.05, 3.63) is 0 Å². The van der Waals surface area contributed by atoms with E-state index in [0.717, 1.165) is 31.6 Å². The number of halogens is 1. The fraction of sp³-hybridized carbons (Fsp3) is 1.00. The third-order valence-corrected chi connectivity index (χ3v) is 4.13. The van der Waals surface area contributed by atoms with E-state index in [9.17, 15) is 0 Å². The molecule has 1 saturated heterocycles. The number of morpholine rings is 1. The Bertz CT molecular complexity index is 180. The van der Waals surface area contributed by atoms with Crippen LogP contribution in [0.1, 0.15) is 13.8 Å². The average molecular weight is 279 g/mol. The van der Waals surface area contributed by atoms with E-state index in [1.165, 1.54) is 0 Å². The molecule has 0 amide bonds. The third-order valence-electron chi connectivity index (χ3n) is 3.11. The number of hydrogen-bond donors (Lipinski definition) is 1. The van der Waals surface area contributed by atoms with E-state index in [-0.39, 0.29) is 0 Å². The maximum atomic E-state index is 5.70. The second kappa shape index (κ2) is 6.84. The highest BCUT2D eigenvalue weighted by Crippen LogP contribution is 2.07. The Labute approximate surface area is 102 Å². The summed E-state index contributed by atoms with van der Waals surface area (Å²) >= 11 is 3.51. The Hall–Kier alpha value is 0.360. The Kier molecular flexibility index (Phi) is 6.12. The lowest BCUT2D eigenvalue weighted by molar-refractivity contribution is -0.0195. The Morgan fingerprint density at radius 2 is 2.27 bits per heavy atom. The minimum Gasteiger partial charge on any atom is -0.374 e. The van der Waals surface area contributed by atoms with Gasteiger partial charge in [-0.05, 0) is 19.9 Å². The summed E-state index contributed by atoms with van der Waals surface area (Å²) in [4.78, 5) is 2.33. The van der Waals surface area contributed by atoms with Crippen molar-refractivity contribution < 1.29 is 4.74 Å². The summed E-state index contributed by atoms with van der Waals surface area (Å²) in [5.74, 6) is 0.659. The quantitative estimate of drug-likeness (QED) is 0.768. The minimum absolute atomic E-state index is 0.355. The van der Waals surface area contributed by atoms with Crippen LogP contribution in [-0.4, -0.2) is 55.7 Å². The monoisotopic (exact) mass is 278 g/mol. The molecule has 0 aliphatic carbocycles. The molecule has 1 N–H and O–H groups in total. The third kappa shape index (κ3) is 4.81. The molecule has 1 aliphatic rings. The molecule has 0 spiro atoms. The summed E-state index contributed by atoms with van der Waals surface area (Å²) < 4.78 is 5.70. The normalized spacial score (nSPS) is 27.6. The summed E-state index contributed by atoms with van der Waals surface area (Å²) in [6.07, 6.45) is 0.355. The van der Waals surface area contributed by atoms with Crippen molar-refractivity contribution in [2.24, 2.45) is 5.92 Å². The Morgan fingerprint density at radius 3 is 2.87 bits per heavy atom. The largest absolute Gasteiger partial charge is 0.374 e. The van der Waals surface area contributed by atoms with Crippen LogP contribution in [0, 0.1) is 5.92 Å². The number of rotatable bonds is 5. The lowest BCUT2D eigenvalue weighted by Crippen LogP contribution is -2.47. The van der Waals surface area contributed by atoms with Gasteiger partial charge in [0.2, 0.25) is 0 Å². The van der Waals surface area contributed by atoms with Crippen molar-refractivity contribution in [1.29, 1.82) is 0 Å². The van der Waals surface area contributed by atoms with E-state index >= 15 is 0 Å². The van der Waals surface area contributed by atoms with Gasteiger partial charge in [-0.25, -0.2) is 0 Å². The number of nitrogens with one attached hydrogen (secondary N) is 1. The molecule has 90 valence electrons. The van der Waals surface area contributed by atoms with E-state index in [2.05, 4.69) is 47.0 Å². The van der Waals surface area contributed by atoms with Gasteiger partial charge >= 0.3 is 0 Å². The highest BCUT2D eigenvalue weighted by atomic mass is 79.9. The minimum atomic E-state index is 0.355. The molecule has 4 heteroatoms. The molecule has 1 heterocycles. The summed E-state index contributed by atoms with van der Waals surface area (Å²) in [6.45, 7) is 8.42. The number of ether oxygens (including phenoxy) is 1. The predicted molar refractivity (Wildman–Crippen MR) is 67.7 cm³/mol. The van der Waals surface area contributed by atoms with Crippen LogP contribution in [0.25, 0.3) is 0 Å². The van der Waals surface area contributed by atoms with E-state index in [0.29, 0.717) is 18.1 Å². The smallest absolute Gasteiger partial charge is 0.0826 e. The van der Waals surface area contributed by atoms with Gasteiger partial charge in [0.1, 0.15) is 0 Å². The Morgan fingerprint density at radius 1 is 1.53 bits per heavy atom. The molecule has 3 atom stereocenters. The van der Waals surface area contributed by atoms with Crippen LogP contribution in [0.15, 0.2) is 0 Å². The lowest BCUT2D eigenvalue weighted by atomic mass is 10.1. The van der Waals surface area contributed by atoms with Crippen LogP contribution in [0.4, 0.5) is 0 Å². The standard InChI is InChI=1S/C11H23BrN2O/c1-9(6-12)10(2)13-7-11-8-14(3)4-5-15-11/h9-11,13H,4-8H2,1-3H3. The van der Waals surface area contributed by atoms with E-state index in [4.69, 9.17) is 4.74 Å². The van der Waals surface area contributed by atoms with Crippen molar-refractivity contribution in [3.63, 3.8) is 0 Å². The van der Waals surface area contributed by atoms with Gasteiger partial charge in [-0.1, -0.05) is 22.9 Å². The van der Waals surface area contributed by atoms with E-state index < -0.39 is 0 Å². The molecule has 1 aliphatic heterocycles. The lowest BCUT2D eigenvalue weighted by Gasteiger charge is -2.31. The van der Waals surface area contributed by atoms with Gasteiger partial charge in [0.25, 0.3) is 0 Å². The molecule has 0 aromatic rings. The molecular formula is C11H23BrN2O. The number of alkyl halides is 1. The first-order valence-corrected chi connectivity index (χ1v) is 6.85. The fourth-order valence-electron chi connectivity index (χ4n) is 1.64. The highest BCUT2D eigenvalue weighted by Gasteiger charge is 2.19. The summed E-state index contributed by atoms with van der Waals surface area (Å²) in [5, 5.41) is 4.59. The highest BCUT2D eigenvalue weighted by molar-refractivity contribution is 9.09. The maximum Gasteiger partial charge on any atom is 0.0826 e. The maximum absolute atomic E-state index is 5.70. The SMILES string of the molecule is CC(CBr)C(C)NCC1CN(C)CCO1. The summed E-state index contributed by atoms with van der Waals surface area (Å²) in [7, 11) is 2.15. The molecule has 15 heavy (non-hydrogen) atoms. The van der Waals surface area contributed by atoms with Crippen LogP contribution >= 0.6 is 15.9 Å². The van der Waals surface area contributed by atoms with Crippen LogP contribution < -0.4 is 5.32 Å². The van der Waals surface area contributed by atoms with Crippen LogP contribution in [0.2, 0.25) is 0 Å². The molecule has 3 nitrogen and oxygen atoms in total. The van der Waals surface area contributed by atoms with Crippen LogP contribution in [-0.2, 0) is 4.74 Å². The van der Waals surface area contributed by atoms with E-state index in [1.807, 2.05) is 0 Å². The summed E-state index contributed by atoms with van der Waals surface area (Å²) in [6, 6.07) is 0.542. The van der Waals surface area contributed by atoms with Crippen molar-refractivity contribution in [2.75, 3.05) is 38.6 Å². The molecule has 3 unspecified atom stereocenters. The molecule has 1 fully saturated rings. The van der Waals surface area contributed by atoms with Crippen molar-refractivity contribution in [2.45, 2.75) is 26.0 Å². The fourth-order valence-corrected chi connectivity index (χ4v) is 2.20. The molecular weight excluding hydrogens is 256 g/mol. The first-order valence-electron chi connectivity index (χ1n) is 5.73. The van der Waals surface area contributed by atoms with Gasteiger partial charge in [-0.3, -0.25) is 0 Å². The topological polar surface area (TPSA) is 24.5 Å². The number of likely N-dealkylation sites (N-methyl/N-ethyl adjacent to an activating group) is 1. The van der Waals surface area contributed by atoms with Gasteiger partial charge in [0.05, 0.1) is 12.7 Å². The average Bonchev–Trinajstić information content (AvgIpc) is 2.25. The summed E-state index contributed by atoms with van der Waals surface area (Å²) in [5.41, 5.74) is 0. The molecule has 0 aromatic heterocycles. The zero-order chi connectivity index (χ0) is 11.3. The van der Waals surface area contributed by atoms with E-state index in [1.54, 1.807) is 0 Å². The molecule has 0 bridgehead atoms. The first-order chi connectivity index (χ1) is 7.13. The first kappa shape index (κ1) is 13.4. The molecule has 1 rings (SSSR count).